The minimum atomic E-state index is -1.13. The average molecular weight is 358 g/mol. The monoisotopic (exact) mass is 358 g/mol. The number of benzene rings is 2. The minimum Gasteiger partial charge on any atom is -0.345 e. The second-order valence-corrected chi connectivity index (χ2v) is 6.63. The van der Waals surface area contributed by atoms with E-state index in [2.05, 4.69) is 5.32 Å². The molecule has 1 heterocycles. The van der Waals surface area contributed by atoms with Crippen LogP contribution in [-0.2, 0) is 9.59 Å². The van der Waals surface area contributed by atoms with E-state index >= 15 is 0 Å². The molecule has 4 nitrogen and oxygen atoms in total. The van der Waals surface area contributed by atoms with Crippen molar-refractivity contribution in [2.45, 2.75) is 19.3 Å². The number of likely N-dealkylation sites (tertiary alicyclic amines) is 1. The highest BCUT2D eigenvalue weighted by molar-refractivity contribution is 6.07. The van der Waals surface area contributed by atoms with Crippen molar-refractivity contribution >= 4 is 17.5 Å². The standard InChI is InChI=1S/C20H20F2N2O2/c1-12-6-8-13(9-7-12)14-10-11-24(2)20(26)17(14)19(25)23-16-5-3-4-15(21)18(16)22/h3-9,14,17H,10-11H2,1-2H3,(H,23,25)/t14-,17+/m1/s1. The molecule has 2 aromatic rings. The molecular formula is C20H20F2N2O2. The number of rotatable bonds is 3. The van der Waals surface area contributed by atoms with Crippen LogP contribution in [0.3, 0.4) is 0 Å². The topological polar surface area (TPSA) is 49.4 Å². The number of piperidine rings is 1. The maximum absolute atomic E-state index is 13.9. The number of aryl methyl sites for hydroxylation is 1. The van der Waals surface area contributed by atoms with Crippen LogP contribution < -0.4 is 5.32 Å². The first-order chi connectivity index (χ1) is 12.4. The van der Waals surface area contributed by atoms with Crippen molar-refractivity contribution in [1.29, 1.82) is 0 Å². The summed E-state index contributed by atoms with van der Waals surface area (Å²) in [6.45, 7) is 2.50. The zero-order valence-corrected chi connectivity index (χ0v) is 14.6. The molecule has 0 bridgehead atoms. The van der Waals surface area contributed by atoms with Crippen LogP contribution in [0.5, 0.6) is 0 Å². The molecule has 2 atom stereocenters. The molecule has 26 heavy (non-hydrogen) atoms. The summed E-state index contributed by atoms with van der Waals surface area (Å²) >= 11 is 0. The van der Waals surface area contributed by atoms with Crippen LogP contribution in [0.4, 0.5) is 14.5 Å². The molecule has 2 amide bonds. The minimum absolute atomic E-state index is 0.265. The van der Waals surface area contributed by atoms with Gasteiger partial charge in [0.25, 0.3) is 0 Å². The van der Waals surface area contributed by atoms with Crippen LogP contribution in [-0.4, -0.2) is 30.3 Å². The molecule has 0 aliphatic carbocycles. The number of carbonyl (C=O) groups is 2. The number of halogens is 2. The number of hydrogen-bond donors (Lipinski definition) is 1. The van der Waals surface area contributed by atoms with Crippen LogP contribution in [0, 0.1) is 24.5 Å². The van der Waals surface area contributed by atoms with E-state index < -0.39 is 23.5 Å². The van der Waals surface area contributed by atoms with Gasteiger partial charge in [-0.2, -0.15) is 0 Å². The van der Waals surface area contributed by atoms with Gasteiger partial charge >= 0.3 is 0 Å². The largest absolute Gasteiger partial charge is 0.345 e. The summed E-state index contributed by atoms with van der Waals surface area (Å²) in [7, 11) is 1.64. The fourth-order valence-corrected chi connectivity index (χ4v) is 3.30. The first kappa shape index (κ1) is 18.0. The van der Waals surface area contributed by atoms with Gasteiger partial charge in [-0.25, -0.2) is 8.78 Å². The smallest absolute Gasteiger partial charge is 0.237 e. The van der Waals surface area contributed by atoms with Crippen molar-refractivity contribution in [3.63, 3.8) is 0 Å². The molecule has 1 aliphatic heterocycles. The first-order valence-electron chi connectivity index (χ1n) is 8.45. The van der Waals surface area contributed by atoms with E-state index in [9.17, 15) is 18.4 Å². The number of hydrogen-bond acceptors (Lipinski definition) is 2. The summed E-state index contributed by atoms with van der Waals surface area (Å²) in [5.74, 6) is -4.43. The van der Waals surface area contributed by atoms with Crippen LogP contribution in [0.1, 0.15) is 23.5 Å². The van der Waals surface area contributed by atoms with Crippen LogP contribution >= 0.6 is 0 Å². The summed E-state index contributed by atoms with van der Waals surface area (Å²) in [4.78, 5) is 26.9. The third-order valence-electron chi connectivity index (χ3n) is 4.82. The van der Waals surface area contributed by atoms with Gasteiger partial charge in [0, 0.05) is 19.5 Å². The van der Waals surface area contributed by atoms with Crippen LogP contribution in [0.15, 0.2) is 42.5 Å². The Labute approximate surface area is 150 Å². The van der Waals surface area contributed by atoms with Crippen LogP contribution in [0.25, 0.3) is 0 Å². The molecule has 136 valence electrons. The van der Waals surface area contributed by atoms with Crippen LogP contribution in [0.2, 0.25) is 0 Å². The van der Waals surface area contributed by atoms with E-state index in [1.54, 1.807) is 7.05 Å². The maximum atomic E-state index is 13.9. The van der Waals surface area contributed by atoms with Gasteiger partial charge in [0.05, 0.1) is 5.69 Å². The van der Waals surface area contributed by atoms with Gasteiger partial charge in [-0.05, 0) is 31.0 Å². The van der Waals surface area contributed by atoms with Gasteiger partial charge < -0.3 is 10.2 Å². The van der Waals surface area contributed by atoms with Gasteiger partial charge in [0.15, 0.2) is 11.6 Å². The average Bonchev–Trinajstić information content (AvgIpc) is 2.62. The molecule has 2 aromatic carbocycles. The summed E-state index contributed by atoms with van der Waals surface area (Å²) in [6.07, 6.45) is 0.620. The molecule has 1 N–H and O–H groups in total. The zero-order valence-electron chi connectivity index (χ0n) is 14.6. The predicted molar refractivity (Wildman–Crippen MR) is 94.7 cm³/mol. The Morgan fingerprint density at radius 1 is 1.15 bits per heavy atom. The van der Waals surface area contributed by atoms with Crippen molar-refractivity contribution in [3.05, 3.63) is 65.2 Å². The Balaban J connectivity index is 1.91. The lowest BCUT2D eigenvalue weighted by Gasteiger charge is -2.35. The van der Waals surface area contributed by atoms with E-state index in [0.717, 1.165) is 17.2 Å². The lowest BCUT2D eigenvalue weighted by molar-refractivity contribution is -0.143. The second kappa shape index (κ2) is 7.23. The Bertz CT molecular complexity index is 836. The van der Waals surface area contributed by atoms with Gasteiger partial charge in [-0.1, -0.05) is 35.9 Å². The van der Waals surface area contributed by atoms with Crippen molar-refractivity contribution in [2.24, 2.45) is 5.92 Å². The Morgan fingerprint density at radius 3 is 2.54 bits per heavy atom. The highest BCUT2D eigenvalue weighted by Crippen LogP contribution is 2.34. The molecule has 1 aliphatic rings. The third kappa shape index (κ3) is 3.45. The number of nitrogens with zero attached hydrogens (tertiary/aromatic N) is 1. The SMILES string of the molecule is Cc1ccc([C@H]2CCN(C)C(=O)[C@@H]2C(=O)Nc2cccc(F)c2F)cc1. The van der Waals surface area contributed by atoms with E-state index in [0.29, 0.717) is 13.0 Å². The van der Waals surface area contributed by atoms with E-state index in [4.69, 9.17) is 0 Å². The van der Waals surface area contributed by atoms with Crippen molar-refractivity contribution < 1.29 is 18.4 Å². The summed E-state index contributed by atoms with van der Waals surface area (Å²) < 4.78 is 27.3. The maximum Gasteiger partial charge on any atom is 0.237 e. The van der Waals surface area contributed by atoms with E-state index in [-0.39, 0.29) is 17.5 Å². The van der Waals surface area contributed by atoms with Crippen molar-refractivity contribution in [1.82, 2.24) is 4.90 Å². The highest BCUT2D eigenvalue weighted by Gasteiger charge is 2.41. The fourth-order valence-electron chi connectivity index (χ4n) is 3.30. The number of amides is 2. The molecule has 6 heteroatoms. The first-order valence-corrected chi connectivity index (χ1v) is 8.45. The molecular weight excluding hydrogens is 338 g/mol. The molecule has 0 unspecified atom stereocenters. The van der Waals surface area contributed by atoms with Crippen molar-refractivity contribution in [2.75, 3.05) is 18.9 Å². The number of carbonyl (C=O) groups excluding carboxylic acids is 2. The Kier molecular flexibility index (Phi) is 5.02. The second-order valence-electron chi connectivity index (χ2n) is 6.63. The van der Waals surface area contributed by atoms with E-state index in [1.807, 2.05) is 31.2 Å². The lowest BCUT2D eigenvalue weighted by Crippen LogP contribution is -2.47. The summed E-state index contributed by atoms with van der Waals surface area (Å²) in [5, 5.41) is 2.38. The molecule has 0 spiro atoms. The third-order valence-corrected chi connectivity index (χ3v) is 4.82. The lowest BCUT2D eigenvalue weighted by atomic mass is 9.79. The summed E-state index contributed by atoms with van der Waals surface area (Å²) in [5.41, 5.74) is 1.70. The van der Waals surface area contributed by atoms with Gasteiger partial charge in [-0.15, -0.1) is 0 Å². The van der Waals surface area contributed by atoms with Gasteiger partial charge in [0.2, 0.25) is 11.8 Å². The highest BCUT2D eigenvalue weighted by atomic mass is 19.2. The molecule has 1 fully saturated rings. The Morgan fingerprint density at radius 2 is 1.85 bits per heavy atom. The molecule has 0 aromatic heterocycles. The van der Waals surface area contributed by atoms with Crippen molar-refractivity contribution in [3.8, 4) is 0 Å². The Hall–Kier alpha value is -2.76. The van der Waals surface area contributed by atoms with E-state index in [1.165, 1.54) is 17.0 Å². The number of nitrogens with one attached hydrogen (secondary N) is 1. The quantitative estimate of drug-likeness (QED) is 0.854. The molecule has 3 rings (SSSR count). The fraction of sp³-hybridized carbons (Fsp3) is 0.300. The van der Waals surface area contributed by atoms with Gasteiger partial charge in [0.1, 0.15) is 5.92 Å². The molecule has 0 saturated carbocycles. The molecule has 1 saturated heterocycles. The molecule has 0 radical (unpaired) electrons. The number of anilines is 1. The summed E-state index contributed by atoms with van der Waals surface area (Å²) in [6, 6.07) is 11.2. The van der Waals surface area contributed by atoms with Gasteiger partial charge in [-0.3, -0.25) is 9.59 Å². The predicted octanol–water partition coefficient (Wildman–Crippen LogP) is 3.47. The normalized spacial score (nSPS) is 20.2. The zero-order chi connectivity index (χ0) is 18.8.